The number of urea groups is 1. The molecule has 1 aromatic rings. The Morgan fingerprint density at radius 1 is 0.797 bits per heavy atom. The number of carbonyl (C=O) groups is 9. The van der Waals surface area contributed by atoms with E-state index in [-0.39, 0.29) is 87.0 Å². The monoisotopic (exact) mass is 903 g/mol. The van der Waals surface area contributed by atoms with Gasteiger partial charge in [-0.1, -0.05) is 13.8 Å². The Labute approximate surface area is 373 Å². The highest BCUT2D eigenvalue weighted by molar-refractivity contribution is 6.13. The molecule has 0 spiro atoms. The van der Waals surface area contributed by atoms with Crippen molar-refractivity contribution in [1.29, 1.82) is 0 Å². The standard InChI is InChI=1S/C43H65N7O14/c1-29(2)40(48-30(3)51)35(53)25-31(9-7-16-47-42(44)58)41(57)49-33-12-11-32(27-64-43(59)45-4)36(26-33)63-28-34(52)10-5-6-19-60-21-23-62-24-22-61-20-8-17-46-37(54)15-18-50-38(55)13-14-39(50)56/h11-14,26,29,31,40H,5-10,15-25,27-28H2,1-4H3,(H,45,59)(H,46,54)(H,48,51)(H,49,57)(H3,44,47,58)/t31-,40+/m1/s1. The summed E-state index contributed by atoms with van der Waals surface area (Å²) in [5, 5.41) is 13.0. The largest absolute Gasteiger partial charge is 0.485 e. The van der Waals surface area contributed by atoms with E-state index in [1.54, 1.807) is 26.0 Å². The van der Waals surface area contributed by atoms with Crippen LogP contribution in [0.4, 0.5) is 15.3 Å². The normalized spacial score (nSPS) is 13.0. The topological polar surface area (TPSA) is 289 Å². The van der Waals surface area contributed by atoms with Crippen LogP contribution in [0.5, 0.6) is 5.75 Å². The van der Waals surface area contributed by atoms with Crippen molar-refractivity contribution in [2.75, 3.05) is 78.2 Å². The molecule has 0 aliphatic carbocycles. The third-order valence-corrected chi connectivity index (χ3v) is 9.49. The highest BCUT2D eigenvalue weighted by atomic mass is 16.6. The van der Waals surface area contributed by atoms with E-state index >= 15 is 0 Å². The van der Waals surface area contributed by atoms with Crippen LogP contribution >= 0.6 is 0 Å². The zero-order valence-corrected chi connectivity index (χ0v) is 37.3. The maximum atomic E-state index is 13.6. The lowest BCUT2D eigenvalue weighted by Crippen LogP contribution is -2.44. The van der Waals surface area contributed by atoms with Crippen molar-refractivity contribution in [2.45, 2.75) is 84.8 Å². The molecule has 0 aromatic heterocycles. The smallest absolute Gasteiger partial charge is 0.407 e. The van der Waals surface area contributed by atoms with E-state index < -0.39 is 41.8 Å². The fourth-order valence-corrected chi connectivity index (χ4v) is 6.09. The van der Waals surface area contributed by atoms with Crippen LogP contribution in [0.3, 0.4) is 0 Å². The quantitative estimate of drug-likeness (QED) is 0.0424. The summed E-state index contributed by atoms with van der Waals surface area (Å²) in [5.41, 5.74) is 5.89. The average molecular weight is 904 g/mol. The number of imide groups is 1. The summed E-state index contributed by atoms with van der Waals surface area (Å²) >= 11 is 0. The summed E-state index contributed by atoms with van der Waals surface area (Å²) in [7, 11) is 1.41. The Bertz CT molecular complexity index is 1740. The van der Waals surface area contributed by atoms with Crippen molar-refractivity contribution in [2.24, 2.45) is 17.6 Å². The van der Waals surface area contributed by atoms with Gasteiger partial charge in [-0.25, -0.2) is 9.59 Å². The number of unbranched alkanes of at least 4 members (excludes halogenated alkanes) is 1. The molecule has 0 radical (unpaired) electrons. The van der Waals surface area contributed by atoms with Gasteiger partial charge in [0.05, 0.1) is 32.5 Å². The molecule has 8 amide bonds. The minimum Gasteiger partial charge on any atom is -0.485 e. The molecule has 2 atom stereocenters. The van der Waals surface area contributed by atoms with Gasteiger partial charge >= 0.3 is 12.1 Å². The molecule has 0 fully saturated rings. The predicted octanol–water partition coefficient (Wildman–Crippen LogP) is 1.66. The Balaban J connectivity index is 1.74. The Hall–Kier alpha value is -5.93. The van der Waals surface area contributed by atoms with Crippen molar-refractivity contribution < 1.29 is 66.8 Å². The fourth-order valence-electron chi connectivity index (χ4n) is 6.09. The Morgan fingerprint density at radius 2 is 1.44 bits per heavy atom. The number of nitrogens with one attached hydrogen (secondary N) is 5. The van der Waals surface area contributed by atoms with Crippen LogP contribution in [-0.2, 0) is 59.1 Å². The number of ketones is 2. The van der Waals surface area contributed by atoms with Crippen molar-refractivity contribution in [3.05, 3.63) is 35.9 Å². The second kappa shape index (κ2) is 31.0. The van der Waals surface area contributed by atoms with Gasteiger partial charge in [-0.3, -0.25) is 38.5 Å². The first-order valence-corrected chi connectivity index (χ1v) is 21.4. The molecule has 7 N–H and O–H groups in total. The highest BCUT2D eigenvalue weighted by Crippen LogP contribution is 2.26. The summed E-state index contributed by atoms with van der Waals surface area (Å²) in [4.78, 5) is 110. The number of hydrogen-bond donors (Lipinski definition) is 6. The average Bonchev–Trinajstić information content (AvgIpc) is 3.58. The van der Waals surface area contributed by atoms with Crippen LogP contribution in [0.15, 0.2) is 30.4 Å². The van der Waals surface area contributed by atoms with E-state index in [2.05, 4.69) is 26.6 Å². The Morgan fingerprint density at radius 3 is 2.06 bits per heavy atom. The number of alkyl carbamates (subject to hydrolysis) is 1. The van der Waals surface area contributed by atoms with Crippen LogP contribution in [0.2, 0.25) is 0 Å². The summed E-state index contributed by atoms with van der Waals surface area (Å²) in [6.45, 7) is 7.32. The number of ether oxygens (including phenoxy) is 5. The number of primary amides is 1. The number of carbonyl (C=O) groups excluding carboxylic acids is 9. The predicted molar refractivity (Wildman–Crippen MR) is 232 cm³/mol. The maximum Gasteiger partial charge on any atom is 0.407 e. The molecule has 0 unspecified atom stereocenters. The van der Waals surface area contributed by atoms with Gasteiger partial charge in [0, 0.05) is 101 Å². The number of anilines is 1. The van der Waals surface area contributed by atoms with Gasteiger partial charge < -0.3 is 56.0 Å². The number of nitrogens with two attached hydrogens (primary N) is 1. The third-order valence-electron chi connectivity index (χ3n) is 9.49. The second-order valence-electron chi connectivity index (χ2n) is 15.1. The minimum atomic E-state index is -0.831. The van der Waals surface area contributed by atoms with Crippen LogP contribution in [0.25, 0.3) is 0 Å². The van der Waals surface area contributed by atoms with Gasteiger partial charge in [-0.2, -0.15) is 0 Å². The number of benzene rings is 1. The zero-order chi connectivity index (χ0) is 47.3. The molecule has 21 heteroatoms. The number of amides is 8. The van der Waals surface area contributed by atoms with E-state index in [0.717, 1.165) is 4.90 Å². The van der Waals surface area contributed by atoms with E-state index in [9.17, 15) is 43.2 Å². The first-order chi connectivity index (χ1) is 30.6. The number of hydrogen-bond acceptors (Lipinski definition) is 14. The lowest BCUT2D eigenvalue weighted by molar-refractivity contribution is -0.137. The molecule has 356 valence electrons. The molecule has 21 nitrogen and oxygen atoms in total. The molecule has 0 saturated carbocycles. The summed E-state index contributed by atoms with van der Waals surface area (Å²) in [5.74, 6) is -3.33. The molecule has 64 heavy (non-hydrogen) atoms. The van der Waals surface area contributed by atoms with Gasteiger partial charge in [-0.05, 0) is 50.2 Å². The third kappa shape index (κ3) is 23.0. The number of nitrogens with zero attached hydrogens (tertiary/aromatic N) is 1. The van der Waals surface area contributed by atoms with Crippen LogP contribution in [0.1, 0.15) is 77.7 Å². The summed E-state index contributed by atoms with van der Waals surface area (Å²) < 4.78 is 27.6. The van der Waals surface area contributed by atoms with Crippen molar-refractivity contribution in [3.63, 3.8) is 0 Å². The van der Waals surface area contributed by atoms with Gasteiger partial charge in [0.2, 0.25) is 17.7 Å². The summed E-state index contributed by atoms with van der Waals surface area (Å²) in [6.07, 6.45) is 4.06. The van der Waals surface area contributed by atoms with E-state index in [4.69, 9.17) is 29.4 Å². The first kappa shape index (κ1) is 54.2. The molecule has 2 rings (SSSR count). The van der Waals surface area contributed by atoms with Crippen molar-refractivity contribution in [3.8, 4) is 5.75 Å². The maximum absolute atomic E-state index is 13.6. The zero-order valence-electron chi connectivity index (χ0n) is 37.3. The van der Waals surface area contributed by atoms with Gasteiger partial charge in [0.15, 0.2) is 11.6 Å². The van der Waals surface area contributed by atoms with E-state index in [0.29, 0.717) is 83.1 Å². The fraction of sp³-hybridized carbons (Fsp3) is 0.605. The molecule has 0 saturated heterocycles. The lowest BCUT2D eigenvalue weighted by atomic mass is 9.89. The van der Waals surface area contributed by atoms with Gasteiger partial charge in [-0.15, -0.1) is 0 Å². The first-order valence-electron chi connectivity index (χ1n) is 21.4. The summed E-state index contributed by atoms with van der Waals surface area (Å²) in [6, 6.07) is 3.12. The molecule has 1 aliphatic rings. The molecular formula is C43H65N7O14. The van der Waals surface area contributed by atoms with Crippen molar-refractivity contribution >= 4 is 58.9 Å². The molecular weight excluding hydrogens is 839 g/mol. The lowest BCUT2D eigenvalue weighted by Gasteiger charge is -2.23. The van der Waals surface area contributed by atoms with Crippen molar-refractivity contribution in [1.82, 2.24) is 26.2 Å². The number of Topliss-reactive ketones (excluding diaryl/α,β-unsaturated/α-hetero) is 2. The number of rotatable bonds is 34. The van der Waals surface area contributed by atoms with Gasteiger partial charge in [0.25, 0.3) is 11.8 Å². The van der Waals surface area contributed by atoms with E-state index in [1.165, 1.54) is 32.2 Å². The SMILES string of the molecule is CNC(=O)OCc1ccc(NC(=O)[C@H](CCCNC(N)=O)CC(=O)[C@@H](NC(C)=O)C(C)C)cc1OCC(=O)CCCCOCCOCCOCCCNC(=O)CCN1C(=O)C=CC1=O. The molecule has 0 bridgehead atoms. The minimum absolute atomic E-state index is 0.0349. The molecule has 1 heterocycles. The van der Waals surface area contributed by atoms with Crippen LogP contribution in [0, 0.1) is 11.8 Å². The van der Waals surface area contributed by atoms with E-state index in [1.807, 2.05) is 0 Å². The molecule has 1 aliphatic heterocycles. The van der Waals surface area contributed by atoms with Crippen LogP contribution < -0.4 is 37.1 Å². The molecule has 1 aromatic carbocycles. The van der Waals surface area contributed by atoms with Crippen LogP contribution in [-0.4, -0.2) is 137 Å². The van der Waals surface area contributed by atoms with Gasteiger partial charge in [0.1, 0.15) is 19.0 Å². The second-order valence-corrected chi connectivity index (χ2v) is 15.1. The Kier molecular flexibility index (Phi) is 26.3. The highest BCUT2D eigenvalue weighted by Gasteiger charge is 2.29.